The fourth-order valence-electron chi connectivity index (χ4n) is 3.96. The molecule has 0 bridgehead atoms. The molecule has 0 atom stereocenters. The van der Waals surface area contributed by atoms with Gasteiger partial charge in [0.05, 0.1) is 12.2 Å². The second-order valence-corrected chi connectivity index (χ2v) is 6.76. The number of benzene rings is 3. The Kier molecular flexibility index (Phi) is 3.06. The fraction of sp³-hybridized carbons (Fsp3) is 0.0952. The van der Waals surface area contributed by atoms with Crippen LogP contribution in [0.25, 0.3) is 0 Å². The van der Waals surface area contributed by atoms with Crippen LogP contribution >= 0.6 is 0 Å². The van der Waals surface area contributed by atoms with E-state index in [1.165, 1.54) is 0 Å². The molecule has 3 aromatic carbocycles. The van der Waals surface area contributed by atoms with Crippen LogP contribution in [0.1, 0.15) is 32.6 Å². The molecule has 2 aliphatic rings. The normalized spacial score (nSPS) is 15.6. The lowest BCUT2D eigenvalue weighted by molar-refractivity contribution is 0.0200. The number of carboxylic acid groups (broad SMARTS) is 1. The molecule has 6 heteroatoms. The Morgan fingerprint density at radius 2 is 1.52 bits per heavy atom. The van der Waals surface area contributed by atoms with E-state index in [1.54, 1.807) is 42.5 Å². The highest BCUT2D eigenvalue weighted by Gasteiger charge is 2.49. The number of hydrogen-bond donors (Lipinski definition) is 3. The molecule has 0 aliphatic carbocycles. The molecule has 0 unspecified atom stereocenters. The molecule has 0 saturated heterocycles. The van der Waals surface area contributed by atoms with Crippen molar-refractivity contribution >= 4 is 17.3 Å². The summed E-state index contributed by atoms with van der Waals surface area (Å²) < 4.78 is 12.4. The quantitative estimate of drug-likeness (QED) is 0.574. The summed E-state index contributed by atoms with van der Waals surface area (Å²) in [5, 5.41) is 9.47. The van der Waals surface area contributed by atoms with Gasteiger partial charge in [-0.15, -0.1) is 0 Å². The van der Waals surface area contributed by atoms with Crippen molar-refractivity contribution in [1.29, 1.82) is 0 Å². The van der Waals surface area contributed by atoms with E-state index in [9.17, 15) is 9.90 Å². The topological polar surface area (TPSA) is 108 Å². The van der Waals surface area contributed by atoms with Gasteiger partial charge in [0.2, 0.25) is 0 Å². The molecule has 134 valence electrons. The van der Waals surface area contributed by atoms with Crippen molar-refractivity contribution in [3.8, 4) is 11.5 Å². The van der Waals surface area contributed by atoms with E-state index in [0.29, 0.717) is 29.5 Å². The molecule has 0 aromatic heterocycles. The third kappa shape index (κ3) is 2.07. The van der Waals surface area contributed by atoms with Crippen molar-refractivity contribution < 1.29 is 19.4 Å². The Labute approximate surface area is 154 Å². The highest BCUT2D eigenvalue weighted by molar-refractivity contribution is 5.88. The predicted molar refractivity (Wildman–Crippen MR) is 99.9 cm³/mol. The zero-order valence-electron chi connectivity index (χ0n) is 14.2. The summed E-state index contributed by atoms with van der Waals surface area (Å²) in [6.45, 7) is 0.364. The summed E-state index contributed by atoms with van der Waals surface area (Å²) in [7, 11) is 0. The lowest BCUT2D eigenvalue weighted by Crippen LogP contribution is -2.32. The lowest BCUT2D eigenvalue weighted by Gasteiger charge is -2.37. The van der Waals surface area contributed by atoms with Crippen molar-refractivity contribution in [2.75, 3.05) is 11.5 Å². The van der Waals surface area contributed by atoms with Crippen molar-refractivity contribution in [3.63, 3.8) is 0 Å². The molecule has 5 N–H and O–H groups in total. The molecule has 2 heterocycles. The minimum Gasteiger partial charge on any atom is -0.478 e. The Hall–Kier alpha value is -3.51. The Balaban J connectivity index is 1.86. The molecular weight excluding hydrogens is 344 g/mol. The van der Waals surface area contributed by atoms with Crippen LogP contribution in [0.15, 0.2) is 54.6 Å². The van der Waals surface area contributed by atoms with Crippen LogP contribution in [0.3, 0.4) is 0 Å². The minimum atomic E-state index is -0.984. The molecule has 1 spiro atoms. The summed E-state index contributed by atoms with van der Waals surface area (Å²) in [6, 6.07) is 15.9. The molecule has 0 fully saturated rings. The van der Waals surface area contributed by atoms with Gasteiger partial charge in [-0.2, -0.15) is 0 Å². The SMILES string of the molecule is Nc1ccc2c(c1)Oc1cc(N)ccc1C21OCc2ccc(C(=O)O)cc21. The monoisotopic (exact) mass is 360 g/mol. The zero-order valence-corrected chi connectivity index (χ0v) is 14.2. The van der Waals surface area contributed by atoms with Gasteiger partial charge in [0.25, 0.3) is 0 Å². The molecule has 0 saturated carbocycles. The second-order valence-electron chi connectivity index (χ2n) is 6.76. The molecule has 5 rings (SSSR count). The van der Waals surface area contributed by atoms with Crippen molar-refractivity contribution in [2.45, 2.75) is 12.2 Å². The fourth-order valence-corrected chi connectivity index (χ4v) is 3.96. The largest absolute Gasteiger partial charge is 0.478 e. The van der Waals surface area contributed by atoms with E-state index in [2.05, 4.69) is 0 Å². The first-order valence-corrected chi connectivity index (χ1v) is 8.47. The number of nitrogens with two attached hydrogens (primary N) is 2. The number of rotatable bonds is 1. The standard InChI is InChI=1S/C21H16N2O4/c22-13-3-5-15-18(8-13)27-19-9-14(23)4-6-16(19)21(15)17-7-11(20(24)25)1-2-12(17)10-26-21/h1-9H,10,22-23H2,(H,24,25). The molecule has 0 radical (unpaired) electrons. The molecular formula is C21H16N2O4. The highest BCUT2D eigenvalue weighted by atomic mass is 16.5. The van der Waals surface area contributed by atoms with Crippen molar-refractivity contribution in [3.05, 3.63) is 82.4 Å². The van der Waals surface area contributed by atoms with E-state index in [-0.39, 0.29) is 5.56 Å². The van der Waals surface area contributed by atoms with Crippen LogP contribution < -0.4 is 16.2 Å². The maximum absolute atomic E-state index is 11.6. The molecule has 27 heavy (non-hydrogen) atoms. The van der Waals surface area contributed by atoms with Gasteiger partial charge in [-0.3, -0.25) is 0 Å². The van der Waals surface area contributed by atoms with Gasteiger partial charge in [-0.1, -0.05) is 6.07 Å². The average Bonchev–Trinajstić information content (AvgIpc) is 3.00. The maximum Gasteiger partial charge on any atom is 0.335 e. The first kappa shape index (κ1) is 15.7. The number of ether oxygens (including phenoxy) is 2. The van der Waals surface area contributed by atoms with Crippen LogP contribution in [-0.4, -0.2) is 11.1 Å². The second kappa shape index (κ2) is 5.25. The third-order valence-electron chi connectivity index (χ3n) is 5.17. The van der Waals surface area contributed by atoms with Gasteiger partial charge >= 0.3 is 5.97 Å². The van der Waals surface area contributed by atoms with Crippen LogP contribution in [0.4, 0.5) is 11.4 Å². The van der Waals surface area contributed by atoms with Crippen molar-refractivity contribution in [1.82, 2.24) is 0 Å². The average molecular weight is 360 g/mol. The van der Waals surface area contributed by atoms with E-state index in [1.807, 2.05) is 12.1 Å². The van der Waals surface area contributed by atoms with Gasteiger partial charge < -0.3 is 26.0 Å². The predicted octanol–water partition coefficient (Wildman–Crippen LogP) is 3.48. The maximum atomic E-state index is 11.6. The molecule has 3 aromatic rings. The van der Waals surface area contributed by atoms with Crippen molar-refractivity contribution in [2.24, 2.45) is 0 Å². The Morgan fingerprint density at radius 1 is 0.889 bits per heavy atom. The first-order chi connectivity index (χ1) is 13.0. The number of hydrogen-bond acceptors (Lipinski definition) is 5. The number of aromatic carboxylic acids is 1. The van der Waals surface area contributed by atoms with E-state index in [0.717, 1.165) is 22.3 Å². The van der Waals surface area contributed by atoms with E-state index < -0.39 is 11.6 Å². The van der Waals surface area contributed by atoms with Gasteiger partial charge in [-0.05, 0) is 47.5 Å². The minimum absolute atomic E-state index is 0.208. The van der Waals surface area contributed by atoms with Crippen LogP contribution in [0.2, 0.25) is 0 Å². The molecule has 6 nitrogen and oxygen atoms in total. The number of carbonyl (C=O) groups is 1. The summed E-state index contributed by atoms with van der Waals surface area (Å²) in [6.07, 6.45) is 0. The summed E-state index contributed by atoms with van der Waals surface area (Å²) >= 11 is 0. The number of anilines is 2. The molecule has 0 amide bonds. The van der Waals surface area contributed by atoms with Crippen LogP contribution in [-0.2, 0) is 16.9 Å². The Morgan fingerprint density at radius 3 is 2.11 bits per heavy atom. The third-order valence-corrected chi connectivity index (χ3v) is 5.17. The number of fused-ring (bicyclic) bond motifs is 6. The zero-order chi connectivity index (χ0) is 18.8. The summed E-state index contributed by atoms with van der Waals surface area (Å²) in [5.74, 6) is 0.158. The van der Waals surface area contributed by atoms with E-state index in [4.69, 9.17) is 20.9 Å². The summed E-state index contributed by atoms with van der Waals surface area (Å²) in [5.41, 5.74) is 15.6. The number of carboxylic acids is 1. The smallest absolute Gasteiger partial charge is 0.335 e. The Bertz CT molecular complexity index is 1070. The van der Waals surface area contributed by atoms with Gasteiger partial charge in [0, 0.05) is 34.6 Å². The van der Waals surface area contributed by atoms with Gasteiger partial charge in [-0.25, -0.2) is 4.79 Å². The lowest BCUT2D eigenvalue weighted by atomic mass is 9.77. The molecule has 2 aliphatic heterocycles. The van der Waals surface area contributed by atoms with Gasteiger partial charge in [0.1, 0.15) is 11.5 Å². The van der Waals surface area contributed by atoms with Gasteiger partial charge in [0.15, 0.2) is 5.60 Å². The van der Waals surface area contributed by atoms with E-state index >= 15 is 0 Å². The van der Waals surface area contributed by atoms with Crippen LogP contribution in [0.5, 0.6) is 11.5 Å². The van der Waals surface area contributed by atoms with Crippen LogP contribution in [0, 0.1) is 0 Å². The first-order valence-electron chi connectivity index (χ1n) is 8.47. The highest BCUT2D eigenvalue weighted by Crippen LogP contribution is 2.56. The summed E-state index contributed by atoms with van der Waals surface area (Å²) in [4.78, 5) is 11.6. The number of nitrogen functional groups attached to an aromatic ring is 2.